The lowest BCUT2D eigenvalue weighted by molar-refractivity contribution is 0.542. The van der Waals surface area contributed by atoms with Crippen LogP contribution in [0, 0.1) is 11.8 Å². The average molecular weight is 235 g/mol. The van der Waals surface area contributed by atoms with E-state index in [1.54, 1.807) is 5.57 Å². The van der Waals surface area contributed by atoms with Gasteiger partial charge >= 0.3 is 0 Å². The summed E-state index contributed by atoms with van der Waals surface area (Å²) in [4.78, 5) is 0. The Morgan fingerprint density at radius 1 is 1.06 bits per heavy atom. The van der Waals surface area contributed by atoms with Crippen molar-refractivity contribution >= 4 is 0 Å². The van der Waals surface area contributed by atoms with Gasteiger partial charge in [-0.25, -0.2) is 0 Å². The Kier molecular flexibility index (Phi) is 5.09. The summed E-state index contributed by atoms with van der Waals surface area (Å²) in [5.74, 6) is 1.58. The molecule has 2 rings (SSSR count). The fraction of sp³-hybridized carbons (Fsp3) is 0.875. The van der Waals surface area contributed by atoms with Crippen LogP contribution in [-0.2, 0) is 0 Å². The lowest BCUT2D eigenvalue weighted by atomic mass is 9.93. The van der Waals surface area contributed by atoms with Gasteiger partial charge in [0, 0.05) is 12.6 Å². The second-order valence-corrected chi connectivity index (χ2v) is 6.30. The van der Waals surface area contributed by atoms with Crippen molar-refractivity contribution in [3.8, 4) is 0 Å². The van der Waals surface area contributed by atoms with Crippen LogP contribution in [0.5, 0.6) is 0 Å². The largest absolute Gasteiger partial charge is 0.310 e. The summed E-state index contributed by atoms with van der Waals surface area (Å²) >= 11 is 0. The molecule has 1 N–H and O–H groups in total. The van der Waals surface area contributed by atoms with Crippen LogP contribution >= 0.6 is 0 Å². The molecule has 0 amide bonds. The Morgan fingerprint density at radius 2 is 1.71 bits per heavy atom. The van der Waals surface area contributed by atoms with Gasteiger partial charge in [-0.05, 0) is 37.5 Å². The minimum atomic E-state index is 0.713. The van der Waals surface area contributed by atoms with Crippen molar-refractivity contribution in [2.75, 3.05) is 6.54 Å². The molecule has 0 heterocycles. The van der Waals surface area contributed by atoms with E-state index in [1.165, 1.54) is 51.4 Å². The highest BCUT2D eigenvalue weighted by atomic mass is 14.9. The molecular formula is C16H29N. The zero-order valence-electron chi connectivity index (χ0n) is 11.7. The molecule has 2 aliphatic carbocycles. The lowest BCUT2D eigenvalue weighted by Crippen LogP contribution is -2.22. The number of nitrogens with one attached hydrogen (secondary N) is 1. The van der Waals surface area contributed by atoms with Crippen molar-refractivity contribution in [1.82, 2.24) is 5.32 Å². The van der Waals surface area contributed by atoms with Crippen molar-refractivity contribution in [3.63, 3.8) is 0 Å². The van der Waals surface area contributed by atoms with Crippen LogP contribution in [0.3, 0.4) is 0 Å². The Labute approximate surface area is 107 Å². The third kappa shape index (κ3) is 4.83. The van der Waals surface area contributed by atoms with Crippen LogP contribution in [0.15, 0.2) is 11.6 Å². The molecule has 1 heteroatoms. The summed E-state index contributed by atoms with van der Waals surface area (Å²) in [6.45, 7) is 5.83. The zero-order valence-corrected chi connectivity index (χ0v) is 11.7. The molecule has 0 unspecified atom stereocenters. The van der Waals surface area contributed by atoms with Crippen LogP contribution in [0.1, 0.15) is 65.2 Å². The van der Waals surface area contributed by atoms with E-state index in [9.17, 15) is 0 Å². The maximum Gasteiger partial charge on any atom is 0.0169 e. The first-order chi connectivity index (χ1) is 8.25. The number of rotatable bonds is 5. The molecule has 0 aromatic carbocycles. The quantitative estimate of drug-likeness (QED) is 0.553. The van der Waals surface area contributed by atoms with E-state index >= 15 is 0 Å². The van der Waals surface area contributed by atoms with Crippen LogP contribution < -0.4 is 5.32 Å². The number of hydrogen-bond acceptors (Lipinski definition) is 1. The molecule has 0 radical (unpaired) electrons. The highest BCUT2D eigenvalue weighted by molar-refractivity contribution is 5.10. The van der Waals surface area contributed by atoms with E-state index in [1.807, 2.05) is 0 Å². The molecule has 0 aromatic heterocycles. The molecule has 17 heavy (non-hydrogen) atoms. The fourth-order valence-electron chi connectivity index (χ4n) is 2.79. The zero-order chi connectivity index (χ0) is 12.1. The van der Waals surface area contributed by atoms with Gasteiger partial charge in [-0.3, -0.25) is 0 Å². The van der Waals surface area contributed by atoms with Gasteiger partial charge in [0.2, 0.25) is 0 Å². The van der Waals surface area contributed by atoms with Gasteiger partial charge in [-0.2, -0.15) is 0 Å². The van der Waals surface area contributed by atoms with Gasteiger partial charge in [0.1, 0.15) is 0 Å². The van der Waals surface area contributed by atoms with E-state index in [4.69, 9.17) is 0 Å². The van der Waals surface area contributed by atoms with E-state index < -0.39 is 0 Å². The van der Waals surface area contributed by atoms with Gasteiger partial charge in [0.25, 0.3) is 0 Å². The van der Waals surface area contributed by atoms with Crippen LogP contribution in [-0.4, -0.2) is 12.6 Å². The van der Waals surface area contributed by atoms with Gasteiger partial charge in [0.15, 0.2) is 0 Å². The standard InChI is InChI=1S/C16H29N/c1-13(2)15(12-17-16-9-10-16)11-14-7-5-3-4-6-8-14/h11,13-14,16-17H,3-10,12H2,1-2H3. The maximum atomic E-state index is 3.67. The lowest BCUT2D eigenvalue weighted by Gasteiger charge is -2.17. The third-order valence-electron chi connectivity index (χ3n) is 4.26. The molecular weight excluding hydrogens is 206 g/mol. The van der Waals surface area contributed by atoms with Crippen molar-refractivity contribution in [2.24, 2.45) is 11.8 Å². The van der Waals surface area contributed by atoms with Crippen molar-refractivity contribution in [3.05, 3.63) is 11.6 Å². The summed E-state index contributed by atoms with van der Waals surface area (Å²) in [6.07, 6.45) is 14.1. The van der Waals surface area contributed by atoms with Crippen molar-refractivity contribution in [1.29, 1.82) is 0 Å². The molecule has 0 bridgehead atoms. The first kappa shape index (κ1) is 13.1. The molecule has 0 atom stereocenters. The molecule has 2 fully saturated rings. The van der Waals surface area contributed by atoms with Gasteiger partial charge in [-0.1, -0.05) is 51.2 Å². The fourth-order valence-corrected chi connectivity index (χ4v) is 2.79. The first-order valence-corrected chi connectivity index (χ1v) is 7.69. The monoisotopic (exact) mass is 235 g/mol. The van der Waals surface area contributed by atoms with Crippen LogP contribution in [0.2, 0.25) is 0 Å². The topological polar surface area (TPSA) is 12.0 Å². The van der Waals surface area contributed by atoms with Crippen LogP contribution in [0.25, 0.3) is 0 Å². The van der Waals surface area contributed by atoms with E-state index in [-0.39, 0.29) is 0 Å². The predicted molar refractivity (Wildman–Crippen MR) is 75.1 cm³/mol. The molecule has 0 aromatic rings. The van der Waals surface area contributed by atoms with Crippen molar-refractivity contribution in [2.45, 2.75) is 71.3 Å². The maximum absolute atomic E-state index is 3.67. The van der Waals surface area contributed by atoms with Crippen molar-refractivity contribution < 1.29 is 0 Å². The summed E-state index contributed by atoms with van der Waals surface area (Å²) < 4.78 is 0. The number of hydrogen-bond donors (Lipinski definition) is 1. The Bertz CT molecular complexity index is 242. The predicted octanol–water partition coefficient (Wildman–Crippen LogP) is 4.29. The molecule has 0 aliphatic heterocycles. The molecule has 98 valence electrons. The first-order valence-electron chi connectivity index (χ1n) is 7.69. The second-order valence-electron chi connectivity index (χ2n) is 6.30. The highest BCUT2D eigenvalue weighted by Gasteiger charge is 2.21. The van der Waals surface area contributed by atoms with E-state index in [0.717, 1.165) is 18.5 Å². The Hall–Kier alpha value is -0.300. The smallest absolute Gasteiger partial charge is 0.0169 e. The van der Waals surface area contributed by atoms with Gasteiger partial charge < -0.3 is 5.32 Å². The van der Waals surface area contributed by atoms with Gasteiger partial charge in [-0.15, -0.1) is 0 Å². The van der Waals surface area contributed by atoms with E-state index in [0.29, 0.717) is 5.92 Å². The van der Waals surface area contributed by atoms with Gasteiger partial charge in [0.05, 0.1) is 0 Å². The summed E-state index contributed by atoms with van der Waals surface area (Å²) in [5.41, 5.74) is 1.66. The normalized spacial score (nSPS) is 24.1. The molecule has 2 aliphatic rings. The second kappa shape index (κ2) is 6.58. The van der Waals surface area contributed by atoms with Crippen LogP contribution in [0.4, 0.5) is 0 Å². The summed E-state index contributed by atoms with van der Waals surface area (Å²) in [6, 6.07) is 0.839. The molecule has 1 nitrogen and oxygen atoms in total. The Balaban J connectivity index is 1.86. The highest BCUT2D eigenvalue weighted by Crippen LogP contribution is 2.26. The average Bonchev–Trinajstić information content (AvgIpc) is 3.11. The minimum Gasteiger partial charge on any atom is -0.310 e. The third-order valence-corrected chi connectivity index (χ3v) is 4.26. The Morgan fingerprint density at radius 3 is 2.24 bits per heavy atom. The SMILES string of the molecule is CC(C)C(=CC1CCCCCC1)CNC1CC1. The summed E-state index contributed by atoms with van der Waals surface area (Å²) in [7, 11) is 0. The number of allylic oxidation sites excluding steroid dienone is 1. The summed E-state index contributed by atoms with van der Waals surface area (Å²) in [5, 5.41) is 3.67. The molecule has 2 saturated carbocycles. The minimum absolute atomic E-state index is 0.713. The molecule has 0 saturated heterocycles. The van der Waals surface area contributed by atoms with E-state index in [2.05, 4.69) is 25.2 Å². The molecule has 0 spiro atoms.